The molecule has 0 radical (unpaired) electrons. The van der Waals surface area contributed by atoms with Crippen molar-refractivity contribution in [3.63, 3.8) is 0 Å². The van der Waals surface area contributed by atoms with Crippen LogP contribution in [0.3, 0.4) is 0 Å². The Morgan fingerprint density at radius 1 is 1.00 bits per heavy atom. The van der Waals surface area contributed by atoms with E-state index in [9.17, 15) is 9.59 Å². The maximum absolute atomic E-state index is 11.9. The molecule has 2 amide bonds. The first kappa shape index (κ1) is 17.2. The van der Waals surface area contributed by atoms with Crippen LogP contribution in [-0.2, 0) is 11.2 Å². The number of hydrogen-bond donors (Lipinski definition) is 2. The molecule has 23 heavy (non-hydrogen) atoms. The fourth-order valence-electron chi connectivity index (χ4n) is 2.04. The number of hydrogen-bond acceptors (Lipinski definition) is 2. The van der Waals surface area contributed by atoms with Gasteiger partial charge in [0, 0.05) is 28.7 Å². The Balaban J connectivity index is 1.75. The topological polar surface area (TPSA) is 58.2 Å². The number of nitrogens with one attached hydrogen (secondary N) is 2. The van der Waals surface area contributed by atoms with Crippen molar-refractivity contribution in [1.82, 2.24) is 5.32 Å². The molecule has 2 aromatic carbocycles. The van der Waals surface area contributed by atoms with Crippen LogP contribution in [0.15, 0.2) is 53.0 Å². The highest BCUT2D eigenvalue weighted by atomic mass is 79.9. The summed E-state index contributed by atoms with van der Waals surface area (Å²) in [6.45, 7) is 2.38. The summed E-state index contributed by atoms with van der Waals surface area (Å²) >= 11 is 3.32. The lowest BCUT2D eigenvalue weighted by molar-refractivity contribution is -0.116. The van der Waals surface area contributed by atoms with E-state index >= 15 is 0 Å². The second kappa shape index (κ2) is 8.48. The molecule has 2 rings (SSSR count). The Morgan fingerprint density at radius 2 is 1.65 bits per heavy atom. The summed E-state index contributed by atoms with van der Waals surface area (Å²) in [5.41, 5.74) is 2.57. The molecule has 2 N–H and O–H groups in total. The smallest absolute Gasteiger partial charge is 0.251 e. The molecule has 0 aromatic heterocycles. The van der Waals surface area contributed by atoms with Crippen LogP contribution in [0.1, 0.15) is 29.3 Å². The van der Waals surface area contributed by atoms with E-state index in [1.165, 1.54) is 5.56 Å². The number of aryl methyl sites for hydroxylation is 1. The second-order valence-electron chi connectivity index (χ2n) is 5.11. The SMILES string of the molecule is CCc1ccc(NC(=O)CCNC(=O)c2ccc(Br)cc2)cc1. The summed E-state index contributed by atoms with van der Waals surface area (Å²) in [5, 5.41) is 5.56. The van der Waals surface area contributed by atoms with E-state index in [0.29, 0.717) is 12.1 Å². The fraction of sp³-hybridized carbons (Fsp3) is 0.222. The van der Waals surface area contributed by atoms with E-state index in [-0.39, 0.29) is 18.2 Å². The van der Waals surface area contributed by atoms with E-state index in [1.54, 1.807) is 12.1 Å². The number of carbonyl (C=O) groups is 2. The molecule has 0 aliphatic rings. The summed E-state index contributed by atoms with van der Waals surface area (Å²) in [6.07, 6.45) is 1.20. The average molecular weight is 375 g/mol. The average Bonchev–Trinajstić information content (AvgIpc) is 2.56. The quantitative estimate of drug-likeness (QED) is 0.808. The molecule has 0 bridgehead atoms. The van der Waals surface area contributed by atoms with Crippen molar-refractivity contribution in [3.05, 3.63) is 64.1 Å². The normalized spacial score (nSPS) is 10.2. The number of carbonyl (C=O) groups excluding carboxylic acids is 2. The highest BCUT2D eigenvalue weighted by molar-refractivity contribution is 9.10. The van der Waals surface area contributed by atoms with Crippen molar-refractivity contribution >= 4 is 33.4 Å². The predicted octanol–water partition coefficient (Wildman–Crippen LogP) is 3.77. The highest BCUT2D eigenvalue weighted by Crippen LogP contribution is 2.11. The van der Waals surface area contributed by atoms with Crippen LogP contribution in [-0.4, -0.2) is 18.4 Å². The van der Waals surface area contributed by atoms with Gasteiger partial charge < -0.3 is 10.6 Å². The summed E-state index contributed by atoms with van der Waals surface area (Å²) in [4.78, 5) is 23.8. The van der Waals surface area contributed by atoms with Crippen LogP contribution >= 0.6 is 15.9 Å². The van der Waals surface area contributed by atoms with Gasteiger partial charge in [-0.1, -0.05) is 35.0 Å². The van der Waals surface area contributed by atoms with Crippen LogP contribution in [0.4, 0.5) is 5.69 Å². The molecule has 0 atom stereocenters. The van der Waals surface area contributed by atoms with Crippen molar-refractivity contribution in [2.75, 3.05) is 11.9 Å². The molecule has 0 aliphatic heterocycles. The Morgan fingerprint density at radius 3 is 2.26 bits per heavy atom. The maximum Gasteiger partial charge on any atom is 0.251 e. The summed E-state index contributed by atoms with van der Waals surface area (Å²) in [6, 6.07) is 14.8. The monoisotopic (exact) mass is 374 g/mol. The van der Waals surface area contributed by atoms with E-state index in [1.807, 2.05) is 36.4 Å². The van der Waals surface area contributed by atoms with Gasteiger partial charge in [0.2, 0.25) is 5.91 Å². The molecule has 120 valence electrons. The Hall–Kier alpha value is -2.14. The molecule has 0 fully saturated rings. The standard InChI is InChI=1S/C18H19BrN2O2/c1-2-13-3-9-16(10-4-13)21-17(22)11-12-20-18(23)14-5-7-15(19)8-6-14/h3-10H,2,11-12H2,1H3,(H,20,23)(H,21,22). The van der Waals surface area contributed by atoms with Crippen LogP contribution in [0, 0.1) is 0 Å². The zero-order valence-electron chi connectivity index (χ0n) is 12.9. The minimum Gasteiger partial charge on any atom is -0.352 e. The third-order valence-electron chi connectivity index (χ3n) is 3.39. The lowest BCUT2D eigenvalue weighted by atomic mass is 10.1. The fourth-order valence-corrected chi connectivity index (χ4v) is 2.30. The minimum atomic E-state index is -0.183. The first-order chi connectivity index (χ1) is 11.1. The van der Waals surface area contributed by atoms with Crippen LogP contribution < -0.4 is 10.6 Å². The first-order valence-corrected chi connectivity index (χ1v) is 8.30. The lowest BCUT2D eigenvalue weighted by Crippen LogP contribution is -2.27. The Kier molecular flexibility index (Phi) is 6.35. The molecule has 0 unspecified atom stereocenters. The van der Waals surface area contributed by atoms with Gasteiger partial charge >= 0.3 is 0 Å². The van der Waals surface area contributed by atoms with Gasteiger partial charge in [-0.15, -0.1) is 0 Å². The van der Waals surface area contributed by atoms with Gasteiger partial charge in [-0.3, -0.25) is 9.59 Å². The molecule has 0 saturated heterocycles. The van der Waals surface area contributed by atoms with Gasteiger partial charge in [0.15, 0.2) is 0 Å². The molecule has 0 spiro atoms. The zero-order valence-corrected chi connectivity index (χ0v) is 14.5. The van der Waals surface area contributed by atoms with Crippen molar-refractivity contribution in [1.29, 1.82) is 0 Å². The molecule has 4 nitrogen and oxygen atoms in total. The molecule has 0 aliphatic carbocycles. The second-order valence-corrected chi connectivity index (χ2v) is 6.03. The first-order valence-electron chi connectivity index (χ1n) is 7.51. The number of benzene rings is 2. The van der Waals surface area contributed by atoms with E-state index in [0.717, 1.165) is 16.6 Å². The van der Waals surface area contributed by atoms with Crippen LogP contribution in [0.2, 0.25) is 0 Å². The van der Waals surface area contributed by atoms with E-state index in [2.05, 4.69) is 33.5 Å². The summed E-state index contributed by atoms with van der Waals surface area (Å²) in [5.74, 6) is -0.303. The van der Waals surface area contributed by atoms with Crippen molar-refractivity contribution in [3.8, 4) is 0 Å². The number of anilines is 1. The molecule has 2 aromatic rings. The molecule has 0 saturated carbocycles. The zero-order chi connectivity index (χ0) is 16.7. The lowest BCUT2D eigenvalue weighted by Gasteiger charge is -2.07. The Labute approximate surface area is 144 Å². The number of halogens is 1. The van der Waals surface area contributed by atoms with Gasteiger partial charge in [0.25, 0.3) is 5.91 Å². The molecule has 0 heterocycles. The van der Waals surface area contributed by atoms with Gasteiger partial charge in [-0.2, -0.15) is 0 Å². The summed E-state index contributed by atoms with van der Waals surface area (Å²) < 4.78 is 0.919. The van der Waals surface area contributed by atoms with Crippen molar-refractivity contribution in [2.45, 2.75) is 19.8 Å². The van der Waals surface area contributed by atoms with Gasteiger partial charge in [-0.25, -0.2) is 0 Å². The Bertz CT molecular complexity index is 666. The molecule has 5 heteroatoms. The third-order valence-corrected chi connectivity index (χ3v) is 3.92. The van der Waals surface area contributed by atoms with Crippen LogP contribution in [0.5, 0.6) is 0 Å². The van der Waals surface area contributed by atoms with Crippen molar-refractivity contribution < 1.29 is 9.59 Å². The highest BCUT2D eigenvalue weighted by Gasteiger charge is 2.07. The molecular weight excluding hydrogens is 356 g/mol. The van der Waals surface area contributed by atoms with Crippen molar-refractivity contribution in [2.24, 2.45) is 0 Å². The molecular formula is C18H19BrN2O2. The van der Waals surface area contributed by atoms with Crippen LogP contribution in [0.25, 0.3) is 0 Å². The van der Waals surface area contributed by atoms with Gasteiger partial charge in [0.1, 0.15) is 0 Å². The van der Waals surface area contributed by atoms with Gasteiger partial charge in [-0.05, 0) is 48.4 Å². The predicted molar refractivity (Wildman–Crippen MR) is 95.5 cm³/mol. The maximum atomic E-state index is 11.9. The summed E-state index contributed by atoms with van der Waals surface area (Å²) in [7, 11) is 0. The van der Waals surface area contributed by atoms with E-state index in [4.69, 9.17) is 0 Å². The van der Waals surface area contributed by atoms with E-state index < -0.39 is 0 Å². The largest absolute Gasteiger partial charge is 0.352 e. The number of rotatable bonds is 6. The number of amides is 2. The minimum absolute atomic E-state index is 0.120. The third kappa shape index (κ3) is 5.53. The van der Waals surface area contributed by atoms with Gasteiger partial charge in [0.05, 0.1) is 0 Å².